The summed E-state index contributed by atoms with van der Waals surface area (Å²) in [5.41, 5.74) is 3.29. The van der Waals surface area contributed by atoms with Crippen molar-refractivity contribution in [3.8, 4) is 28.4 Å². The summed E-state index contributed by atoms with van der Waals surface area (Å²) in [6.07, 6.45) is 0. The first-order chi connectivity index (χ1) is 12.2. The first-order valence-corrected chi connectivity index (χ1v) is 8.27. The van der Waals surface area contributed by atoms with Gasteiger partial charge in [0, 0.05) is 10.9 Å². The first-order valence-electron chi connectivity index (χ1n) is 8.27. The highest BCUT2D eigenvalue weighted by Gasteiger charge is 2.15. The Morgan fingerprint density at radius 1 is 0.760 bits per heavy atom. The van der Waals surface area contributed by atoms with Gasteiger partial charge in [0.15, 0.2) is 0 Å². The number of aromatic hydroxyl groups is 1. The third-order valence-corrected chi connectivity index (χ3v) is 4.30. The van der Waals surface area contributed by atoms with Crippen LogP contribution >= 0.6 is 0 Å². The van der Waals surface area contributed by atoms with Gasteiger partial charge in [-0.3, -0.25) is 0 Å². The highest BCUT2D eigenvalue weighted by molar-refractivity contribution is 5.97. The van der Waals surface area contributed by atoms with Gasteiger partial charge in [-0.15, -0.1) is 0 Å². The zero-order chi connectivity index (χ0) is 17.2. The van der Waals surface area contributed by atoms with E-state index in [1.807, 2.05) is 54.6 Å². The minimum atomic E-state index is 0.255. The molecule has 0 aliphatic rings. The second-order valence-electron chi connectivity index (χ2n) is 6.08. The molecule has 0 radical (unpaired) electrons. The fourth-order valence-electron chi connectivity index (χ4n) is 3.17. The number of hydrogen-bond donors (Lipinski definition) is 1. The second-order valence-corrected chi connectivity index (χ2v) is 6.08. The molecule has 1 N–H and O–H groups in total. The Hall–Kier alpha value is -3.26. The number of aryl methyl sites for hydroxylation is 1. The molecule has 25 heavy (non-hydrogen) atoms. The van der Waals surface area contributed by atoms with E-state index in [0.29, 0.717) is 0 Å². The summed E-state index contributed by atoms with van der Waals surface area (Å²) in [5, 5.41) is 11.8. The molecule has 2 heteroatoms. The van der Waals surface area contributed by atoms with Crippen molar-refractivity contribution in [2.24, 2.45) is 0 Å². The third-order valence-electron chi connectivity index (χ3n) is 4.30. The summed E-state index contributed by atoms with van der Waals surface area (Å²) in [7, 11) is 0. The lowest BCUT2D eigenvalue weighted by molar-refractivity contribution is 0.475. The summed E-state index contributed by atoms with van der Waals surface area (Å²) in [6, 6.07) is 27.5. The van der Waals surface area contributed by atoms with E-state index in [0.717, 1.165) is 39.0 Å². The molecule has 0 spiro atoms. The minimum absolute atomic E-state index is 0.255. The predicted octanol–water partition coefficient (Wildman–Crippen LogP) is 6.31. The molecule has 0 bridgehead atoms. The Morgan fingerprint density at radius 3 is 2.16 bits per heavy atom. The largest absolute Gasteiger partial charge is 0.508 e. The van der Waals surface area contributed by atoms with Crippen molar-refractivity contribution in [3.63, 3.8) is 0 Å². The van der Waals surface area contributed by atoms with Crippen molar-refractivity contribution in [3.05, 3.63) is 90.5 Å². The van der Waals surface area contributed by atoms with Crippen LogP contribution in [0.3, 0.4) is 0 Å². The molecule has 2 nitrogen and oxygen atoms in total. The second kappa shape index (κ2) is 6.33. The van der Waals surface area contributed by atoms with Crippen LogP contribution in [0.1, 0.15) is 5.56 Å². The summed E-state index contributed by atoms with van der Waals surface area (Å²) >= 11 is 0. The van der Waals surface area contributed by atoms with E-state index in [1.54, 1.807) is 12.1 Å². The lowest BCUT2D eigenvalue weighted by Crippen LogP contribution is -1.93. The number of rotatable bonds is 3. The smallest absolute Gasteiger partial charge is 0.143 e. The lowest BCUT2D eigenvalue weighted by atomic mass is 9.94. The van der Waals surface area contributed by atoms with E-state index in [2.05, 4.69) is 25.1 Å². The summed E-state index contributed by atoms with van der Waals surface area (Å²) in [6.45, 7) is 2.07. The standard InChI is InChI=1S/C23H18O2/c1-16-14-18-15-19(24)12-13-21(18)23(25-20-10-6-3-7-11-20)22(16)17-8-4-2-5-9-17/h2-15,24H,1H3. The van der Waals surface area contributed by atoms with E-state index < -0.39 is 0 Å². The Bertz CT molecular complexity index is 1020. The van der Waals surface area contributed by atoms with Crippen LogP contribution in [0.5, 0.6) is 17.2 Å². The highest BCUT2D eigenvalue weighted by Crippen LogP contribution is 2.42. The number of fused-ring (bicyclic) bond motifs is 1. The normalized spacial score (nSPS) is 10.8. The number of benzene rings is 4. The zero-order valence-corrected chi connectivity index (χ0v) is 13.9. The van der Waals surface area contributed by atoms with Gasteiger partial charge in [0.2, 0.25) is 0 Å². The Labute approximate surface area is 146 Å². The van der Waals surface area contributed by atoms with Crippen molar-refractivity contribution in [2.75, 3.05) is 0 Å². The number of para-hydroxylation sites is 1. The van der Waals surface area contributed by atoms with Gasteiger partial charge in [0.25, 0.3) is 0 Å². The van der Waals surface area contributed by atoms with Gasteiger partial charge in [-0.2, -0.15) is 0 Å². The molecule has 4 aromatic carbocycles. The molecule has 0 saturated heterocycles. The van der Waals surface area contributed by atoms with Crippen LogP contribution in [0.4, 0.5) is 0 Å². The van der Waals surface area contributed by atoms with E-state index in [-0.39, 0.29) is 5.75 Å². The Kier molecular flexibility index (Phi) is 3.87. The van der Waals surface area contributed by atoms with Crippen molar-refractivity contribution < 1.29 is 9.84 Å². The van der Waals surface area contributed by atoms with Crippen LogP contribution in [0.25, 0.3) is 21.9 Å². The van der Waals surface area contributed by atoms with Gasteiger partial charge in [-0.25, -0.2) is 0 Å². The number of phenolic OH excluding ortho intramolecular Hbond substituents is 1. The maximum Gasteiger partial charge on any atom is 0.143 e. The van der Waals surface area contributed by atoms with E-state index in [9.17, 15) is 5.11 Å². The van der Waals surface area contributed by atoms with Crippen LogP contribution in [-0.4, -0.2) is 5.11 Å². The van der Waals surface area contributed by atoms with Crippen molar-refractivity contribution in [2.45, 2.75) is 6.92 Å². The molecule has 0 fully saturated rings. The summed E-state index contributed by atoms with van der Waals surface area (Å²) in [4.78, 5) is 0. The molecule has 0 amide bonds. The first kappa shape index (κ1) is 15.3. The average Bonchev–Trinajstić information content (AvgIpc) is 2.63. The van der Waals surface area contributed by atoms with Gasteiger partial charge in [-0.05, 0) is 53.8 Å². The van der Waals surface area contributed by atoms with Crippen LogP contribution in [0.15, 0.2) is 84.9 Å². The molecule has 0 saturated carbocycles. The summed E-state index contributed by atoms with van der Waals surface area (Å²) < 4.78 is 6.32. The molecule has 0 unspecified atom stereocenters. The molecule has 0 atom stereocenters. The van der Waals surface area contributed by atoms with Gasteiger partial charge in [-0.1, -0.05) is 54.6 Å². The summed E-state index contributed by atoms with van der Waals surface area (Å²) in [5.74, 6) is 1.86. The van der Waals surface area contributed by atoms with Crippen molar-refractivity contribution in [1.82, 2.24) is 0 Å². The third kappa shape index (κ3) is 2.94. The number of phenols is 1. The van der Waals surface area contributed by atoms with Crippen LogP contribution in [0.2, 0.25) is 0 Å². The van der Waals surface area contributed by atoms with Crippen LogP contribution in [0, 0.1) is 6.92 Å². The van der Waals surface area contributed by atoms with Crippen molar-refractivity contribution in [1.29, 1.82) is 0 Å². The zero-order valence-electron chi connectivity index (χ0n) is 13.9. The molecule has 0 aliphatic carbocycles. The van der Waals surface area contributed by atoms with Gasteiger partial charge < -0.3 is 9.84 Å². The van der Waals surface area contributed by atoms with Crippen molar-refractivity contribution >= 4 is 10.8 Å². The van der Waals surface area contributed by atoms with E-state index >= 15 is 0 Å². The topological polar surface area (TPSA) is 29.5 Å². The van der Waals surface area contributed by atoms with Crippen LogP contribution < -0.4 is 4.74 Å². The molecule has 4 aromatic rings. The number of ether oxygens (including phenoxy) is 1. The molecular formula is C23H18O2. The monoisotopic (exact) mass is 326 g/mol. The molecule has 0 heterocycles. The quantitative estimate of drug-likeness (QED) is 0.478. The Balaban J connectivity index is 2.01. The van der Waals surface area contributed by atoms with Gasteiger partial charge in [0.05, 0.1) is 0 Å². The molecule has 122 valence electrons. The van der Waals surface area contributed by atoms with E-state index in [1.165, 1.54) is 0 Å². The Morgan fingerprint density at radius 2 is 1.44 bits per heavy atom. The maximum absolute atomic E-state index is 9.85. The maximum atomic E-state index is 9.85. The molecule has 0 aliphatic heterocycles. The fourth-order valence-corrected chi connectivity index (χ4v) is 3.17. The average molecular weight is 326 g/mol. The van der Waals surface area contributed by atoms with Crippen LogP contribution in [-0.2, 0) is 0 Å². The SMILES string of the molecule is Cc1cc2cc(O)ccc2c(Oc2ccccc2)c1-c1ccccc1. The van der Waals surface area contributed by atoms with E-state index in [4.69, 9.17) is 4.74 Å². The lowest BCUT2D eigenvalue weighted by Gasteiger charge is -2.17. The van der Waals surface area contributed by atoms with Gasteiger partial charge >= 0.3 is 0 Å². The molecule has 4 rings (SSSR count). The highest BCUT2D eigenvalue weighted by atomic mass is 16.5. The molecular weight excluding hydrogens is 308 g/mol. The van der Waals surface area contributed by atoms with Gasteiger partial charge in [0.1, 0.15) is 17.2 Å². The minimum Gasteiger partial charge on any atom is -0.508 e. The predicted molar refractivity (Wildman–Crippen MR) is 102 cm³/mol. The molecule has 0 aromatic heterocycles. The number of hydrogen-bond acceptors (Lipinski definition) is 2. The fraction of sp³-hybridized carbons (Fsp3) is 0.0435.